The Balaban J connectivity index is 1.39. The lowest BCUT2D eigenvalue weighted by atomic mass is 9.43. The Morgan fingerprint density at radius 2 is 1.97 bits per heavy atom. The SMILES string of the molecule is CC(C)C1=C[C@@H]2C[C@]3(C=O)[C@@H]4CC[C@@H](C)[C@H]4CC2(CO[C@H]2C[C@H]4[C@H](OCC4(C)C)[C@@H](C)O2)C13C(=O)O. The van der Waals surface area contributed by atoms with Crippen LogP contribution in [0.2, 0.25) is 0 Å². The van der Waals surface area contributed by atoms with Gasteiger partial charge in [-0.05, 0) is 67.1 Å². The van der Waals surface area contributed by atoms with E-state index >= 15 is 0 Å². The third-order valence-electron chi connectivity index (χ3n) is 12.0. The summed E-state index contributed by atoms with van der Waals surface area (Å²) < 4.78 is 19.1. The second kappa shape index (κ2) is 7.89. The molecule has 4 aliphatic carbocycles. The van der Waals surface area contributed by atoms with E-state index in [1.54, 1.807) is 0 Å². The number of aliphatic carboxylic acids is 1. The Kier molecular flexibility index (Phi) is 5.49. The van der Waals surface area contributed by atoms with Crippen molar-refractivity contribution in [2.75, 3.05) is 13.2 Å². The fraction of sp³-hybridized carbons (Fsp3) is 0.867. The molecule has 1 N–H and O–H groups in total. The van der Waals surface area contributed by atoms with E-state index < -0.39 is 22.2 Å². The number of carboxylic acid groups (broad SMARTS) is 1. The number of aldehydes is 1. The molecule has 200 valence electrons. The van der Waals surface area contributed by atoms with Crippen LogP contribution in [0.3, 0.4) is 0 Å². The number of ether oxygens (including phenoxy) is 3. The van der Waals surface area contributed by atoms with Gasteiger partial charge in [-0.25, -0.2) is 0 Å². The van der Waals surface area contributed by atoms with Crippen LogP contribution in [0, 0.1) is 57.2 Å². The van der Waals surface area contributed by atoms with Gasteiger partial charge in [0.1, 0.15) is 11.7 Å². The normalized spacial score (nSPS) is 52.2. The highest BCUT2D eigenvalue weighted by molar-refractivity contribution is 5.90. The van der Waals surface area contributed by atoms with Gasteiger partial charge in [-0.2, -0.15) is 0 Å². The molecule has 6 rings (SSSR count). The maximum Gasteiger partial charge on any atom is 0.315 e. The summed E-state index contributed by atoms with van der Waals surface area (Å²) in [6, 6.07) is 0. The molecular weight excluding hydrogens is 456 g/mol. The van der Waals surface area contributed by atoms with E-state index in [4.69, 9.17) is 14.2 Å². The third-order valence-corrected chi connectivity index (χ3v) is 12.0. The molecule has 3 saturated carbocycles. The van der Waals surface area contributed by atoms with Crippen molar-refractivity contribution >= 4 is 12.3 Å². The van der Waals surface area contributed by atoms with Crippen molar-refractivity contribution in [1.82, 2.24) is 0 Å². The summed E-state index contributed by atoms with van der Waals surface area (Å²) in [4.78, 5) is 26.8. The quantitative estimate of drug-likeness (QED) is 0.403. The van der Waals surface area contributed by atoms with E-state index in [1.165, 1.54) is 0 Å². The molecule has 4 bridgehead atoms. The molecule has 6 heteroatoms. The van der Waals surface area contributed by atoms with Gasteiger partial charge in [-0.1, -0.05) is 52.7 Å². The zero-order valence-corrected chi connectivity index (χ0v) is 22.8. The minimum absolute atomic E-state index is 0.0500. The summed E-state index contributed by atoms with van der Waals surface area (Å²) in [6.07, 6.45) is 7.21. The lowest BCUT2D eigenvalue weighted by Gasteiger charge is -2.58. The van der Waals surface area contributed by atoms with Gasteiger partial charge in [0.15, 0.2) is 6.29 Å². The van der Waals surface area contributed by atoms with E-state index in [2.05, 4.69) is 47.6 Å². The number of carboxylic acids is 1. The van der Waals surface area contributed by atoms with E-state index in [1.807, 2.05) is 0 Å². The van der Waals surface area contributed by atoms with Gasteiger partial charge in [-0.3, -0.25) is 4.79 Å². The smallest absolute Gasteiger partial charge is 0.315 e. The van der Waals surface area contributed by atoms with Crippen LogP contribution in [0.1, 0.15) is 73.6 Å². The van der Waals surface area contributed by atoms with Crippen molar-refractivity contribution in [1.29, 1.82) is 0 Å². The van der Waals surface area contributed by atoms with Crippen molar-refractivity contribution in [2.24, 2.45) is 57.2 Å². The van der Waals surface area contributed by atoms with Crippen LogP contribution in [0.5, 0.6) is 0 Å². The van der Waals surface area contributed by atoms with Crippen LogP contribution in [-0.4, -0.2) is 49.1 Å². The first-order chi connectivity index (χ1) is 16.9. The number of hydrogen-bond acceptors (Lipinski definition) is 5. The molecular formula is C30H44O6. The van der Waals surface area contributed by atoms with Crippen molar-refractivity contribution in [3.05, 3.63) is 11.6 Å². The van der Waals surface area contributed by atoms with Gasteiger partial charge >= 0.3 is 5.97 Å². The first-order valence-corrected chi connectivity index (χ1v) is 14.3. The van der Waals surface area contributed by atoms with Crippen molar-refractivity contribution < 1.29 is 28.9 Å². The lowest BCUT2D eigenvalue weighted by Crippen LogP contribution is -2.63. The molecule has 2 unspecified atom stereocenters. The van der Waals surface area contributed by atoms with E-state index in [0.717, 1.165) is 44.1 Å². The lowest BCUT2D eigenvalue weighted by molar-refractivity contribution is -0.252. The Morgan fingerprint density at radius 1 is 1.22 bits per heavy atom. The molecule has 2 aliphatic heterocycles. The molecule has 0 aromatic rings. The molecule has 0 amide bonds. The fourth-order valence-corrected chi connectivity index (χ4v) is 10.5. The van der Waals surface area contributed by atoms with Crippen LogP contribution in [-0.2, 0) is 23.8 Å². The number of allylic oxidation sites excluding steroid dienone is 1. The minimum atomic E-state index is -1.19. The van der Waals surface area contributed by atoms with Crippen molar-refractivity contribution in [2.45, 2.75) is 92.1 Å². The first-order valence-electron chi connectivity index (χ1n) is 14.3. The molecule has 2 heterocycles. The predicted molar refractivity (Wildman–Crippen MR) is 134 cm³/mol. The van der Waals surface area contributed by atoms with Crippen LogP contribution in [0.4, 0.5) is 0 Å². The van der Waals surface area contributed by atoms with E-state index in [0.29, 0.717) is 30.8 Å². The van der Waals surface area contributed by atoms with Gasteiger partial charge in [0.2, 0.25) is 0 Å². The molecule has 6 nitrogen and oxygen atoms in total. The number of fused-ring (bicyclic) bond motifs is 3. The maximum absolute atomic E-state index is 13.6. The molecule has 6 aliphatic rings. The van der Waals surface area contributed by atoms with Crippen LogP contribution >= 0.6 is 0 Å². The molecule has 0 spiro atoms. The number of hydrogen-bond donors (Lipinski definition) is 1. The average Bonchev–Trinajstić information content (AvgIpc) is 3.48. The summed E-state index contributed by atoms with van der Waals surface area (Å²) in [5, 5.41) is 11.1. The Morgan fingerprint density at radius 3 is 2.64 bits per heavy atom. The summed E-state index contributed by atoms with van der Waals surface area (Å²) in [6.45, 7) is 14.1. The summed E-state index contributed by atoms with van der Waals surface area (Å²) in [7, 11) is 0. The predicted octanol–water partition coefficient (Wildman–Crippen LogP) is 5.10. The van der Waals surface area contributed by atoms with Gasteiger partial charge < -0.3 is 24.1 Å². The summed E-state index contributed by atoms with van der Waals surface area (Å²) in [5.41, 5.74) is -1.62. The number of carbonyl (C=O) groups excluding carboxylic acids is 1. The van der Waals surface area contributed by atoms with Crippen LogP contribution < -0.4 is 0 Å². The minimum Gasteiger partial charge on any atom is -0.481 e. The van der Waals surface area contributed by atoms with E-state index in [9.17, 15) is 14.7 Å². The Labute approximate surface area is 215 Å². The monoisotopic (exact) mass is 500 g/mol. The van der Waals surface area contributed by atoms with Crippen LogP contribution in [0.25, 0.3) is 0 Å². The third kappa shape index (κ3) is 2.79. The number of carbonyl (C=O) groups is 2. The Bertz CT molecular complexity index is 986. The first kappa shape index (κ1) is 25.1. The highest BCUT2D eigenvalue weighted by Gasteiger charge is 2.84. The van der Waals surface area contributed by atoms with Crippen molar-refractivity contribution in [3.63, 3.8) is 0 Å². The summed E-state index contributed by atoms with van der Waals surface area (Å²) in [5.74, 6) is 0.667. The largest absolute Gasteiger partial charge is 0.481 e. The molecule has 36 heavy (non-hydrogen) atoms. The van der Waals surface area contributed by atoms with E-state index in [-0.39, 0.29) is 41.7 Å². The van der Waals surface area contributed by atoms with Gasteiger partial charge in [0, 0.05) is 11.8 Å². The molecule has 0 radical (unpaired) electrons. The van der Waals surface area contributed by atoms with Crippen molar-refractivity contribution in [3.8, 4) is 0 Å². The van der Waals surface area contributed by atoms with Gasteiger partial charge in [0.25, 0.3) is 0 Å². The standard InChI is InChI=1S/C30H44O6/c1-16(2)22-9-19-11-28(13-31)21-8-7-17(3)20(21)12-29(19,30(22,28)26(32)33)15-34-24-10-23-25(18(4)36-24)35-14-27(23,5)6/h9,13,16-21,23-25H,7-8,10-12,14-15H2,1-6H3,(H,32,33)/t17-,18-,19-,20-,21-,23+,24-,25-,28+,29?,30?/m1/s1. The molecule has 5 fully saturated rings. The average molecular weight is 501 g/mol. The zero-order chi connectivity index (χ0) is 25.8. The zero-order valence-electron chi connectivity index (χ0n) is 22.8. The maximum atomic E-state index is 13.6. The summed E-state index contributed by atoms with van der Waals surface area (Å²) >= 11 is 0. The molecule has 2 saturated heterocycles. The second-order valence-electron chi connectivity index (χ2n) is 14.2. The topological polar surface area (TPSA) is 82.1 Å². The molecule has 0 aromatic heterocycles. The van der Waals surface area contributed by atoms with Crippen LogP contribution in [0.15, 0.2) is 11.6 Å². The highest BCUT2D eigenvalue weighted by atomic mass is 16.7. The second-order valence-corrected chi connectivity index (χ2v) is 14.2. The fourth-order valence-electron chi connectivity index (χ4n) is 10.5. The molecule has 0 aromatic carbocycles. The number of rotatable bonds is 6. The molecule has 11 atom stereocenters. The van der Waals surface area contributed by atoms with Gasteiger partial charge in [0.05, 0.1) is 30.8 Å². The highest BCUT2D eigenvalue weighted by Crippen LogP contribution is 2.82. The Hall–Kier alpha value is -1.24. The van der Waals surface area contributed by atoms with Gasteiger partial charge in [-0.15, -0.1) is 0 Å².